The van der Waals surface area contributed by atoms with Crippen molar-refractivity contribution in [2.24, 2.45) is 0 Å². The summed E-state index contributed by atoms with van der Waals surface area (Å²) in [5, 5.41) is 2.85. The Kier molecular flexibility index (Phi) is 9.75. The lowest BCUT2D eigenvalue weighted by Crippen LogP contribution is -2.52. The predicted octanol–water partition coefficient (Wildman–Crippen LogP) is 4.45. The van der Waals surface area contributed by atoms with Gasteiger partial charge >= 0.3 is 0 Å². The summed E-state index contributed by atoms with van der Waals surface area (Å²) in [6.45, 7) is 8.64. The Morgan fingerprint density at radius 1 is 0.923 bits per heavy atom. The Morgan fingerprint density at radius 3 is 2.15 bits per heavy atom. The minimum Gasteiger partial charge on any atom is -0.497 e. The number of aryl methyl sites for hydroxylation is 2. The van der Waals surface area contributed by atoms with Gasteiger partial charge in [0, 0.05) is 12.6 Å². The molecule has 0 aromatic heterocycles. The van der Waals surface area contributed by atoms with E-state index in [1.165, 1.54) is 17.0 Å². The van der Waals surface area contributed by atoms with Crippen LogP contribution in [0.3, 0.4) is 0 Å². The Morgan fingerprint density at radius 2 is 1.56 bits per heavy atom. The number of methoxy groups -OCH3 is 1. The van der Waals surface area contributed by atoms with Crippen molar-refractivity contribution in [2.45, 2.75) is 58.1 Å². The zero-order valence-corrected chi connectivity index (χ0v) is 24.2. The number of carbonyl (C=O) groups excluding carboxylic acids is 2. The van der Waals surface area contributed by atoms with Crippen molar-refractivity contribution in [3.63, 3.8) is 0 Å². The van der Waals surface area contributed by atoms with Crippen molar-refractivity contribution >= 4 is 27.5 Å². The molecule has 0 saturated carbocycles. The van der Waals surface area contributed by atoms with Crippen molar-refractivity contribution in [2.75, 3.05) is 18.0 Å². The predicted molar refractivity (Wildman–Crippen MR) is 153 cm³/mol. The summed E-state index contributed by atoms with van der Waals surface area (Å²) in [7, 11) is -2.53. The number of rotatable bonds is 11. The van der Waals surface area contributed by atoms with E-state index in [0.29, 0.717) is 17.0 Å². The van der Waals surface area contributed by atoms with Crippen molar-refractivity contribution in [3.8, 4) is 5.75 Å². The van der Waals surface area contributed by atoms with Crippen molar-refractivity contribution in [1.82, 2.24) is 10.2 Å². The second kappa shape index (κ2) is 12.8. The summed E-state index contributed by atoms with van der Waals surface area (Å²) in [6, 6.07) is 19.7. The molecule has 0 unspecified atom stereocenters. The summed E-state index contributed by atoms with van der Waals surface area (Å²) in [4.78, 5) is 28.5. The Balaban J connectivity index is 2.05. The maximum absolute atomic E-state index is 14.0. The molecule has 8 nitrogen and oxygen atoms in total. The first-order valence-electron chi connectivity index (χ1n) is 12.8. The van der Waals surface area contributed by atoms with E-state index in [1.54, 1.807) is 57.4 Å². The number of ether oxygens (including phenoxy) is 1. The maximum atomic E-state index is 14.0. The normalized spacial score (nSPS) is 12.1. The highest BCUT2D eigenvalue weighted by molar-refractivity contribution is 7.92. The number of nitrogens with zero attached hydrogens (tertiary/aromatic N) is 2. The van der Waals surface area contributed by atoms with E-state index in [2.05, 4.69) is 5.32 Å². The first-order chi connectivity index (χ1) is 18.4. The van der Waals surface area contributed by atoms with Crippen LogP contribution < -0.4 is 14.4 Å². The van der Waals surface area contributed by atoms with Crippen LogP contribution in [-0.2, 0) is 26.2 Å². The third-order valence-electron chi connectivity index (χ3n) is 6.35. The lowest BCUT2D eigenvalue weighted by atomic mass is 10.1. The Hall–Kier alpha value is -3.85. The van der Waals surface area contributed by atoms with Crippen LogP contribution in [0.25, 0.3) is 0 Å². The molecule has 0 aliphatic rings. The van der Waals surface area contributed by atoms with Crippen LogP contribution in [0.2, 0.25) is 0 Å². The number of sulfonamides is 1. The van der Waals surface area contributed by atoms with E-state index >= 15 is 0 Å². The highest BCUT2D eigenvalue weighted by Gasteiger charge is 2.33. The third-order valence-corrected chi connectivity index (χ3v) is 8.13. The number of benzene rings is 3. The van der Waals surface area contributed by atoms with Crippen LogP contribution in [0, 0.1) is 13.8 Å². The smallest absolute Gasteiger partial charge is 0.264 e. The van der Waals surface area contributed by atoms with Crippen LogP contribution in [0.1, 0.15) is 37.5 Å². The zero-order valence-electron chi connectivity index (χ0n) is 23.3. The summed E-state index contributed by atoms with van der Waals surface area (Å²) < 4.78 is 34.2. The van der Waals surface area contributed by atoms with E-state index in [0.717, 1.165) is 15.4 Å². The molecule has 0 aliphatic carbocycles. The lowest BCUT2D eigenvalue weighted by Gasteiger charge is -2.33. The highest BCUT2D eigenvalue weighted by atomic mass is 32.2. The topological polar surface area (TPSA) is 96.0 Å². The van der Waals surface area contributed by atoms with Gasteiger partial charge < -0.3 is 15.0 Å². The van der Waals surface area contributed by atoms with Crippen LogP contribution in [0.15, 0.2) is 77.7 Å². The molecule has 1 N–H and O–H groups in total. The van der Waals surface area contributed by atoms with Crippen LogP contribution in [0.5, 0.6) is 5.75 Å². The Bertz CT molecular complexity index is 1390. The maximum Gasteiger partial charge on any atom is 0.264 e. The molecule has 0 heterocycles. The molecule has 208 valence electrons. The fourth-order valence-corrected chi connectivity index (χ4v) is 5.63. The molecular formula is C30H37N3O5S. The molecule has 3 aromatic rings. The number of hydrogen-bond acceptors (Lipinski definition) is 5. The van der Waals surface area contributed by atoms with Gasteiger partial charge in [-0.05, 0) is 81.6 Å². The number of nitrogens with one attached hydrogen (secondary N) is 1. The molecule has 2 amide bonds. The summed E-state index contributed by atoms with van der Waals surface area (Å²) in [5.41, 5.74) is 2.75. The highest BCUT2D eigenvalue weighted by Crippen LogP contribution is 2.28. The number of carbonyl (C=O) groups is 2. The van der Waals surface area contributed by atoms with Gasteiger partial charge in [-0.15, -0.1) is 0 Å². The van der Waals surface area contributed by atoms with Gasteiger partial charge in [-0.2, -0.15) is 0 Å². The molecule has 0 aliphatic heterocycles. The van der Waals surface area contributed by atoms with E-state index in [9.17, 15) is 18.0 Å². The Labute approximate surface area is 231 Å². The van der Waals surface area contributed by atoms with Gasteiger partial charge in [0.25, 0.3) is 10.0 Å². The zero-order chi connectivity index (χ0) is 28.7. The van der Waals surface area contributed by atoms with E-state index in [1.807, 2.05) is 45.0 Å². The minimum absolute atomic E-state index is 0.0750. The van der Waals surface area contributed by atoms with Gasteiger partial charge in [0.05, 0.1) is 17.7 Å². The molecule has 39 heavy (non-hydrogen) atoms. The van der Waals surface area contributed by atoms with Crippen LogP contribution >= 0.6 is 0 Å². The average molecular weight is 552 g/mol. The molecule has 0 spiro atoms. The molecule has 9 heteroatoms. The first-order valence-corrected chi connectivity index (χ1v) is 14.3. The monoisotopic (exact) mass is 551 g/mol. The first kappa shape index (κ1) is 29.7. The van der Waals surface area contributed by atoms with Gasteiger partial charge in [0.1, 0.15) is 18.3 Å². The molecular weight excluding hydrogens is 514 g/mol. The van der Waals surface area contributed by atoms with Crippen molar-refractivity contribution in [3.05, 3.63) is 89.5 Å². The standard InChI is InChI=1S/C30H37N3O5S/c1-21(2)31-30(35)24(5)32(19-25-14-16-26(38-6)17-15-25)29(34)20-33(28-18-22(3)12-13-23(28)4)39(36,37)27-10-8-7-9-11-27/h7-18,21,24H,19-20H2,1-6H3,(H,31,35)/t24-/m1/s1. The van der Waals surface area contributed by atoms with E-state index in [4.69, 9.17) is 4.74 Å². The molecule has 1 atom stereocenters. The molecule has 3 rings (SSSR count). The van der Waals surface area contributed by atoms with Crippen molar-refractivity contribution < 1.29 is 22.7 Å². The summed E-state index contributed by atoms with van der Waals surface area (Å²) in [6.07, 6.45) is 0. The van der Waals surface area contributed by atoms with E-state index < -0.39 is 28.5 Å². The molecule has 0 fully saturated rings. The lowest BCUT2D eigenvalue weighted by molar-refractivity contribution is -0.139. The molecule has 0 saturated heterocycles. The average Bonchev–Trinajstić information content (AvgIpc) is 2.91. The fraction of sp³-hybridized carbons (Fsp3) is 0.333. The fourth-order valence-electron chi connectivity index (χ4n) is 4.14. The van der Waals surface area contributed by atoms with Gasteiger partial charge in [-0.25, -0.2) is 8.42 Å². The van der Waals surface area contributed by atoms with Crippen molar-refractivity contribution in [1.29, 1.82) is 0 Å². The largest absolute Gasteiger partial charge is 0.497 e. The van der Waals surface area contributed by atoms with Gasteiger partial charge in [0.15, 0.2) is 0 Å². The SMILES string of the molecule is COc1ccc(CN(C(=O)CN(c2cc(C)ccc2C)S(=O)(=O)c2ccccc2)[C@H](C)C(=O)NC(C)C)cc1. The third kappa shape index (κ3) is 7.38. The van der Waals surface area contributed by atoms with E-state index in [-0.39, 0.29) is 23.4 Å². The van der Waals surface area contributed by atoms with Crippen LogP contribution in [-0.4, -0.2) is 50.9 Å². The second-order valence-corrected chi connectivity index (χ2v) is 11.7. The number of anilines is 1. The summed E-state index contributed by atoms with van der Waals surface area (Å²) in [5.74, 6) is -0.161. The molecule has 0 bridgehead atoms. The number of hydrogen-bond donors (Lipinski definition) is 1. The number of amides is 2. The van der Waals surface area contributed by atoms with Gasteiger partial charge in [-0.1, -0.05) is 42.5 Å². The van der Waals surface area contributed by atoms with Crippen LogP contribution in [0.4, 0.5) is 5.69 Å². The van der Waals surface area contributed by atoms with Gasteiger partial charge in [0.2, 0.25) is 11.8 Å². The van der Waals surface area contributed by atoms with Gasteiger partial charge in [-0.3, -0.25) is 13.9 Å². The quantitative estimate of drug-likeness (QED) is 0.380. The summed E-state index contributed by atoms with van der Waals surface area (Å²) >= 11 is 0. The second-order valence-electron chi connectivity index (χ2n) is 9.82. The molecule has 3 aromatic carbocycles. The molecule has 0 radical (unpaired) electrons. The minimum atomic E-state index is -4.10.